The lowest BCUT2D eigenvalue weighted by Gasteiger charge is -2.17. The number of hydrogen-bond donors (Lipinski definition) is 1. The monoisotopic (exact) mass is 371 g/mol. The molecule has 0 aromatic heterocycles. The minimum atomic E-state index is -5.03. The lowest BCUT2D eigenvalue weighted by molar-refractivity contribution is -0.275. The highest BCUT2D eigenvalue weighted by atomic mass is 32.2. The highest BCUT2D eigenvalue weighted by molar-refractivity contribution is 7.89. The van der Waals surface area contributed by atoms with E-state index in [4.69, 9.17) is 0 Å². The maximum absolute atomic E-state index is 12.5. The first kappa shape index (κ1) is 17.4. The highest BCUT2D eigenvalue weighted by Gasteiger charge is 2.36. The van der Waals surface area contributed by atoms with E-state index in [1.807, 2.05) is 0 Å². The summed E-state index contributed by atoms with van der Waals surface area (Å²) in [5, 5.41) is 0. The fraction of sp³-hybridized carbons (Fsp3) is 0.188. The van der Waals surface area contributed by atoms with Gasteiger partial charge in [0.25, 0.3) is 0 Å². The van der Waals surface area contributed by atoms with Crippen LogP contribution in [0, 0.1) is 0 Å². The van der Waals surface area contributed by atoms with Crippen molar-refractivity contribution in [2.75, 3.05) is 0 Å². The van der Waals surface area contributed by atoms with Crippen LogP contribution in [0.25, 0.3) is 0 Å². The largest absolute Gasteiger partial charge is 0.573 e. The van der Waals surface area contributed by atoms with Crippen molar-refractivity contribution in [2.24, 2.45) is 0 Å². The molecule has 0 saturated carbocycles. The summed E-state index contributed by atoms with van der Waals surface area (Å²) in [4.78, 5) is 11.3. The van der Waals surface area contributed by atoms with E-state index in [0.29, 0.717) is 11.1 Å². The molecule has 0 saturated heterocycles. The molecule has 1 N–H and O–H groups in total. The number of benzene rings is 2. The van der Waals surface area contributed by atoms with Crippen molar-refractivity contribution in [1.82, 2.24) is 4.72 Å². The zero-order valence-corrected chi connectivity index (χ0v) is 13.4. The van der Waals surface area contributed by atoms with Crippen LogP contribution in [0.15, 0.2) is 53.4 Å². The molecule has 2 aromatic rings. The predicted molar refractivity (Wildman–Crippen MR) is 81.6 cm³/mol. The first-order valence-electron chi connectivity index (χ1n) is 7.16. The third-order valence-electron chi connectivity index (χ3n) is 3.69. The third-order valence-corrected chi connectivity index (χ3v) is 5.20. The first-order chi connectivity index (χ1) is 11.7. The molecule has 0 bridgehead atoms. The van der Waals surface area contributed by atoms with Crippen molar-refractivity contribution < 1.29 is 31.1 Å². The summed E-state index contributed by atoms with van der Waals surface area (Å²) in [6.45, 7) is 0. The Morgan fingerprint density at radius 2 is 1.68 bits per heavy atom. The SMILES string of the molecule is O=C1C[C@@H](NS(=O)(=O)c2ccccc2OC(F)(F)F)c2ccccc21. The number of hydrogen-bond acceptors (Lipinski definition) is 4. The Kier molecular flexibility index (Phi) is 4.29. The molecule has 0 aliphatic heterocycles. The fourth-order valence-electron chi connectivity index (χ4n) is 2.70. The summed E-state index contributed by atoms with van der Waals surface area (Å²) in [6, 6.07) is 10.1. The van der Waals surface area contributed by atoms with Gasteiger partial charge in [0.1, 0.15) is 10.6 Å². The summed E-state index contributed by atoms with van der Waals surface area (Å²) in [7, 11) is -4.34. The summed E-state index contributed by atoms with van der Waals surface area (Å²) in [6.07, 6.45) is -5.12. The molecular formula is C16H12F3NO4S. The standard InChI is InChI=1S/C16H12F3NO4S/c17-16(18,19)24-14-7-3-4-8-15(14)25(22,23)20-12-9-13(21)11-6-2-1-5-10(11)12/h1-8,12,20H,9H2/t12-/m1/s1. The van der Waals surface area contributed by atoms with Crippen LogP contribution in [0.1, 0.15) is 28.4 Å². The van der Waals surface area contributed by atoms with E-state index >= 15 is 0 Å². The van der Waals surface area contributed by atoms with Crippen LogP contribution < -0.4 is 9.46 Å². The number of sulfonamides is 1. The molecule has 5 nitrogen and oxygen atoms in total. The minimum absolute atomic E-state index is 0.0964. The third kappa shape index (κ3) is 3.67. The van der Waals surface area contributed by atoms with Crippen molar-refractivity contribution >= 4 is 15.8 Å². The summed E-state index contributed by atoms with van der Waals surface area (Å²) >= 11 is 0. The Labute approximate surface area is 141 Å². The predicted octanol–water partition coefficient (Wildman–Crippen LogP) is 3.19. The van der Waals surface area contributed by atoms with Crippen LogP contribution in [0.3, 0.4) is 0 Å². The molecule has 0 fully saturated rings. The topological polar surface area (TPSA) is 72.5 Å². The van der Waals surface area contributed by atoms with E-state index in [1.165, 1.54) is 12.1 Å². The van der Waals surface area contributed by atoms with Gasteiger partial charge in [-0.15, -0.1) is 13.2 Å². The van der Waals surface area contributed by atoms with E-state index in [9.17, 15) is 26.4 Å². The number of ether oxygens (including phenoxy) is 1. The minimum Gasteiger partial charge on any atom is -0.404 e. The Morgan fingerprint density at radius 3 is 2.40 bits per heavy atom. The van der Waals surface area contributed by atoms with Gasteiger partial charge in [-0.1, -0.05) is 36.4 Å². The average Bonchev–Trinajstić information content (AvgIpc) is 2.82. The van der Waals surface area contributed by atoms with Crippen LogP contribution in [0.4, 0.5) is 13.2 Å². The average molecular weight is 371 g/mol. The van der Waals surface area contributed by atoms with Gasteiger partial charge >= 0.3 is 6.36 Å². The van der Waals surface area contributed by atoms with Crippen LogP contribution in [-0.2, 0) is 10.0 Å². The molecule has 0 spiro atoms. The zero-order chi connectivity index (χ0) is 18.2. The van der Waals surface area contributed by atoms with Gasteiger partial charge in [0.2, 0.25) is 10.0 Å². The Hall–Kier alpha value is -2.39. The van der Waals surface area contributed by atoms with Crippen LogP contribution in [-0.4, -0.2) is 20.6 Å². The van der Waals surface area contributed by atoms with Gasteiger partial charge in [-0.2, -0.15) is 0 Å². The van der Waals surface area contributed by atoms with Crippen LogP contribution in [0.5, 0.6) is 5.75 Å². The molecule has 0 radical (unpaired) electrons. The highest BCUT2D eigenvalue weighted by Crippen LogP contribution is 2.34. The quantitative estimate of drug-likeness (QED) is 0.896. The molecule has 2 aromatic carbocycles. The summed E-state index contributed by atoms with van der Waals surface area (Å²) in [5.74, 6) is -1.07. The van der Waals surface area contributed by atoms with Crippen molar-refractivity contribution in [3.05, 3.63) is 59.7 Å². The van der Waals surface area contributed by atoms with Crippen LogP contribution in [0.2, 0.25) is 0 Å². The number of carbonyl (C=O) groups is 1. The second-order valence-corrected chi connectivity index (χ2v) is 7.07. The number of ketones is 1. The molecule has 1 atom stereocenters. The maximum Gasteiger partial charge on any atom is 0.573 e. The number of carbonyl (C=O) groups excluding carboxylic acids is 1. The second kappa shape index (κ2) is 6.16. The molecule has 0 heterocycles. The molecule has 0 amide bonds. The van der Waals surface area contributed by atoms with Crippen LogP contribution >= 0.6 is 0 Å². The number of rotatable bonds is 4. The molecular weight excluding hydrogens is 359 g/mol. The van der Waals surface area contributed by atoms with Crippen molar-refractivity contribution in [3.8, 4) is 5.75 Å². The van der Waals surface area contributed by atoms with Crippen molar-refractivity contribution in [3.63, 3.8) is 0 Å². The van der Waals surface area contributed by atoms with E-state index in [1.54, 1.807) is 24.3 Å². The summed E-state index contributed by atoms with van der Waals surface area (Å²) in [5.41, 5.74) is 0.889. The molecule has 3 rings (SSSR count). The number of alkyl halides is 3. The summed E-state index contributed by atoms with van der Waals surface area (Å²) < 4.78 is 68.6. The molecule has 132 valence electrons. The van der Waals surface area contributed by atoms with Gasteiger partial charge in [0.05, 0.1) is 6.04 Å². The number of Topliss-reactive ketones (excluding diaryl/α,β-unsaturated/α-hetero) is 1. The molecule has 9 heteroatoms. The van der Waals surface area contributed by atoms with E-state index in [2.05, 4.69) is 9.46 Å². The maximum atomic E-state index is 12.5. The van der Waals surface area contributed by atoms with E-state index in [0.717, 1.165) is 12.1 Å². The number of nitrogens with one attached hydrogen (secondary N) is 1. The van der Waals surface area contributed by atoms with Crippen molar-refractivity contribution in [1.29, 1.82) is 0 Å². The Balaban J connectivity index is 1.93. The van der Waals surface area contributed by atoms with Gasteiger partial charge in [0.15, 0.2) is 5.78 Å². The lowest BCUT2D eigenvalue weighted by atomic mass is 10.1. The van der Waals surface area contributed by atoms with Gasteiger partial charge in [-0.3, -0.25) is 4.79 Å². The smallest absolute Gasteiger partial charge is 0.404 e. The normalized spacial score (nSPS) is 17.4. The van der Waals surface area contributed by atoms with E-state index in [-0.39, 0.29) is 12.2 Å². The second-order valence-electron chi connectivity index (χ2n) is 5.38. The fourth-order valence-corrected chi connectivity index (χ4v) is 4.04. The van der Waals surface area contributed by atoms with E-state index < -0.39 is 33.1 Å². The lowest BCUT2D eigenvalue weighted by Crippen LogP contribution is -2.29. The van der Waals surface area contributed by atoms with Gasteiger partial charge in [-0.25, -0.2) is 13.1 Å². The number of halogens is 3. The molecule has 0 unspecified atom stereocenters. The van der Waals surface area contributed by atoms with Gasteiger partial charge < -0.3 is 4.74 Å². The molecule has 1 aliphatic rings. The number of para-hydroxylation sites is 1. The van der Waals surface area contributed by atoms with Gasteiger partial charge in [0, 0.05) is 12.0 Å². The number of fused-ring (bicyclic) bond motifs is 1. The molecule has 1 aliphatic carbocycles. The molecule has 25 heavy (non-hydrogen) atoms. The zero-order valence-electron chi connectivity index (χ0n) is 12.6. The Bertz CT molecular complexity index is 925. The van der Waals surface area contributed by atoms with Gasteiger partial charge in [-0.05, 0) is 17.7 Å². The Morgan fingerprint density at radius 1 is 1.04 bits per heavy atom. The first-order valence-corrected chi connectivity index (χ1v) is 8.65. The van der Waals surface area contributed by atoms with Crippen molar-refractivity contribution in [2.45, 2.75) is 23.7 Å².